The molecule has 6 nitrogen and oxygen atoms in total. The van der Waals surface area contributed by atoms with Crippen molar-refractivity contribution in [1.82, 2.24) is 16.0 Å². The van der Waals surface area contributed by atoms with Crippen molar-refractivity contribution in [3.63, 3.8) is 0 Å². The maximum Gasteiger partial charge on any atom is 0.152 e. The SMILES string of the molecule is C1NCN1.C1OCO1.C1SCS1.CNC.COC.CSC. The fourth-order valence-corrected chi connectivity index (χ4v) is 0.958. The molecular formula is C12H33N3O3S3. The molecule has 3 saturated heterocycles. The van der Waals surface area contributed by atoms with E-state index in [4.69, 9.17) is 0 Å². The van der Waals surface area contributed by atoms with Crippen LogP contribution in [0.5, 0.6) is 0 Å². The topological polar surface area (TPSA) is 63.8 Å². The first-order chi connectivity index (χ1) is 10.2. The fraction of sp³-hybridized carbons (Fsp3) is 1.00. The summed E-state index contributed by atoms with van der Waals surface area (Å²) >= 11 is 5.75. The molecule has 3 rings (SSSR count). The van der Waals surface area contributed by atoms with Gasteiger partial charge in [0.25, 0.3) is 0 Å². The molecule has 0 amide bonds. The third-order valence-electron chi connectivity index (χ3n) is 1.17. The van der Waals surface area contributed by atoms with Gasteiger partial charge < -0.3 is 19.5 Å². The summed E-state index contributed by atoms with van der Waals surface area (Å²) in [6.07, 6.45) is 4.08. The van der Waals surface area contributed by atoms with Crippen LogP contribution in [-0.2, 0) is 14.2 Å². The lowest BCUT2D eigenvalue weighted by atomic mass is 10.8. The van der Waals surface area contributed by atoms with Gasteiger partial charge in [-0.2, -0.15) is 11.8 Å². The molecule has 0 aromatic heterocycles. The third-order valence-corrected chi connectivity index (χ3v) is 3.83. The van der Waals surface area contributed by atoms with Gasteiger partial charge in [0.2, 0.25) is 0 Å². The van der Waals surface area contributed by atoms with Crippen LogP contribution >= 0.6 is 35.3 Å². The van der Waals surface area contributed by atoms with Crippen molar-refractivity contribution in [2.24, 2.45) is 0 Å². The minimum Gasteiger partial charge on any atom is -0.388 e. The van der Waals surface area contributed by atoms with Gasteiger partial charge in [-0.05, 0) is 26.6 Å². The second-order valence-electron chi connectivity index (χ2n) is 3.46. The van der Waals surface area contributed by atoms with Gasteiger partial charge in [-0.25, -0.2) is 0 Å². The van der Waals surface area contributed by atoms with Crippen molar-refractivity contribution in [3.05, 3.63) is 0 Å². The molecule has 3 N–H and O–H groups in total. The molecule has 3 fully saturated rings. The van der Waals surface area contributed by atoms with Crippen LogP contribution in [0.1, 0.15) is 0 Å². The summed E-state index contributed by atoms with van der Waals surface area (Å²) in [5.41, 5.74) is 0. The Morgan fingerprint density at radius 3 is 1.10 bits per heavy atom. The lowest BCUT2D eigenvalue weighted by Crippen LogP contribution is -2.47. The Morgan fingerprint density at radius 2 is 1.10 bits per heavy atom. The van der Waals surface area contributed by atoms with Crippen LogP contribution in [0.15, 0.2) is 0 Å². The van der Waals surface area contributed by atoms with E-state index in [2.05, 4.69) is 30.2 Å². The molecule has 0 unspecified atom stereocenters. The highest BCUT2D eigenvalue weighted by atomic mass is 32.3. The summed E-state index contributed by atoms with van der Waals surface area (Å²) in [5, 5.41) is 11.4. The molecule has 0 aromatic carbocycles. The van der Waals surface area contributed by atoms with Gasteiger partial charge in [0.15, 0.2) is 13.6 Å². The molecule has 3 aliphatic rings. The highest BCUT2D eigenvalue weighted by Gasteiger charge is 1.95. The third kappa shape index (κ3) is 44.9. The van der Waals surface area contributed by atoms with Crippen molar-refractivity contribution >= 4 is 35.3 Å². The number of rotatable bonds is 0. The second-order valence-corrected chi connectivity index (χ2v) is 6.98. The van der Waals surface area contributed by atoms with E-state index in [1.165, 1.54) is 10.2 Å². The van der Waals surface area contributed by atoms with Crippen molar-refractivity contribution < 1.29 is 14.2 Å². The Balaban J connectivity index is -0.000000187. The van der Waals surface area contributed by atoms with Crippen molar-refractivity contribution in [2.75, 3.05) is 77.9 Å². The lowest BCUT2D eigenvalue weighted by molar-refractivity contribution is -0.247. The van der Waals surface area contributed by atoms with Crippen LogP contribution in [0.2, 0.25) is 0 Å². The summed E-state index contributed by atoms with van der Waals surface area (Å²) in [4.78, 5) is 0. The Bertz CT molecular complexity index is 104. The van der Waals surface area contributed by atoms with Gasteiger partial charge in [-0.1, -0.05) is 0 Å². The first-order valence-corrected chi connectivity index (χ1v) is 10.3. The predicted octanol–water partition coefficient (Wildman–Crippen LogP) is 1.50. The molecule has 0 radical (unpaired) electrons. The molecule has 0 bridgehead atoms. The van der Waals surface area contributed by atoms with E-state index in [-0.39, 0.29) is 0 Å². The number of nitrogens with one attached hydrogen (secondary N) is 3. The van der Waals surface area contributed by atoms with Crippen LogP contribution in [0.25, 0.3) is 0 Å². The molecule has 0 atom stereocenters. The predicted molar refractivity (Wildman–Crippen MR) is 100 cm³/mol. The highest BCUT2D eigenvalue weighted by Crippen LogP contribution is 2.27. The van der Waals surface area contributed by atoms with Gasteiger partial charge in [-0.3, -0.25) is 10.6 Å². The van der Waals surface area contributed by atoms with E-state index in [1.54, 1.807) is 26.0 Å². The lowest BCUT2D eigenvalue weighted by Gasteiger charge is -2.13. The van der Waals surface area contributed by atoms with Crippen LogP contribution in [0.3, 0.4) is 0 Å². The summed E-state index contributed by atoms with van der Waals surface area (Å²) in [7, 11) is 7.00. The number of hydrogen-bond donors (Lipinski definition) is 3. The molecule has 0 spiro atoms. The summed E-state index contributed by atoms with van der Waals surface area (Å²) in [6.45, 7) is 3.00. The number of hydrogen-bond acceptors (Lipinski definition) is 9. The van der Waals surface area contributed by atoms with Gasteiger partial charge >= 0.3 is 0 Å². The average Bonchev–Trinajstić information content (AvgIpc) is 2.10. The maximum atomic E-state index is 4.50. The van der Waals surface area contributed by atoms with Crippen LogP contribution in [0.4, 0.5) is 0 Å². The molecule has 21 heavy (non-hydrogen) atoms. The van der Waals surface area contributed by atoms with Crippen molar-refractivity contribution in [3.8, 4) is 0 Å². The fourth-order valence-electron chi connectivity index (χ4n) is 0.292. The van der Waals surface area contributed by atoms with Crippen LogP contribution < -0.4 is 16.0 Å². The monoisotopic (exact) mass is 363 g/mol. The van der Waals surface area contributed by atoms with E-state index in [0.717, 1.165) is 13.3 Å². The zero-order valence-electron chi connectivity index (χ0n) is 14.2. The molecule has 9 heteroatoms. The highest BCUT2D eigenvalue weighted by molar-refractivity contribution is 8.31. The molecule has 3 heterocycles. The van der Waals surface area contributed by atoms with E-state index < -0.39 is 0 Å². The zero-order valence-corrected chi connectivity index (χ0v) is 16.6. The standard InChI is InChI=1S/C2H6N2.C2H7N.C2H4O2.C2H6O.C2H4S2.C2H6S/c1-3-2-4-1;1-3-2;1-3-2-4-1;1-3-2;1-3-2-4-1;1-3-2/h3-4H,1-2H2;3H,1-2H3;1-2H2;1-2H3;1-2H2;1-2H3. The van der Waals surface area contributed by atoms with Crippen molar-refractivity contribution in [1.29, 1.82) is 0 Å². The minimum absolute atomic E-state index is 0.500. The quantitative estimate of drug-likeness (QED) is 0.594. The molecule has 0 saturated carbocycles. The van der Waals surface area contributed by atoms with Crippen LogP contribution in [-0.4, -0.2) is 77.9 Å². The normalized spacial score (nSPS) is 16.3. The molecule has 3 aliphatic heterocycles. The van der Waals surface area contributed by atoms with Gasteiger partial charge in [0.1, 0.15) is 0 Å². The summed E-state index contributed by atoms with van der Waals surface area (Å²) in [6, 6.07) is 0. The van der Waals surface area contributed by atoms with Crippen LogP contribution in [0, 0.1) is 0 Å². The van der Waals surface area contributed by atoms with E-state index >= 15 is 0 Å². The Morgan fingerprint density at radius 1 is 0.952 bits per heavy atom. The van der Waals surface area contributed by atoms with E-state index in [0.29, 0.717) is 13.6 Å². The van der Waals surface area contributed by atoms with Crippen molar-refractivity contribution in [2.45, 2.75) is 0 Å². The van der Waals surface area contributed by atoms with E-state index in [1.807, 2.05) is 50.1 Å². The summed E-state index contributed by atoms with van der Waals surface area (Å²) < 4.78 is 13.2. The average molecular weight is 364 g/mol. The van der Waals surface area contributed by atoms with Gasteiger partial charge in [-0.15, -0.1) is 23.5 Å². The number of methoxy groups -OCH3 is 1. The molecule has 132 valence electrons. The smallest absolute Gasteiger partial charge is 0.152 e. The largest absolute Gasteiger partial charge is 0.388 e. The minimum atomic E-state index is 0.500. The first kappa shape index (κ1) is 26.7. The Kier molecular flexibility index (Phi) is 41.5. The first-order valence-electron chi connectivity index (χ1n) is 6.36. The molecule has 0 aliphatic carbocycles. The Labute approximate surface area is 143 Å². The second kappa shape index (κ2) is 32.7. The maximum absolute atomic E-state index is 4.50. The Hall–Kier alpha value is 0.810. The zero-order chi connectivity index (χ0) is 16.6. The van der Waals surface area contributed by atoms with Gasteiger partial charge in [0.05, 0.1) is 0 Å². The van der Waals surface area contributed by atoms with E-state index in [9.17, 15) is 0 Å². The molecular weight excluding hydrogens is 330 g/mol. The molecule has 0 aromatic rings. The van der Waals surface area contributed by atoms with Gasteiger partial charge in [0, 0.05) is 37.7 Å². The summed E-state index contributed by atoms with van der Waals surface area (Å²) in [5.74, 6) is 0. The number of ether oxygens (including phenoxy) is 3. The number of thioether (sulfide) groups is 3.